The van der Waals surface area contributed by atoms with Crippen LogP contribution in [-0.4, -0.2) is 5.91 Å². The lowest BCUT2D eigenvalue weighted by Gasteiger charge is -2.08. The van der Waals surface area contributed by atoms with Crippen molar-refractivity contribution >= 4 is 22.6 Å². The first-order chi connectivity index (χ1) is 13.1. The first-order valence-electron chi connectivity index (χ1n) is 8.62. The smallest absolute Gasteiger partial charge is 0.255 e. The predicted octanol–water partition coefficient (Wildman–Crippen LogP) is 5.02. The van der Waals surface area contributed by atoms with Gasteiger partial charge < -0.3 is 9.73 Å². The fraction of sp³-hybridized carbons (Fsp3) is 0.0435. The van der Waals surface area contributed by atoms with Gasteiger partial charge in [0.1, 0.15) is 11.3 Å². The highest BCUT2D eigenvalue weighted by molar-refractivity contribution is 6.05. The van der Waals surface area contributed by atoms with Gasteiger partial charge in [0.2, 0.25) is 0 Å². The Bertz CT molecular complexity index is 1190. The first kappa shape index (κ1) is 16.8. The van der Waals surface area contributed by atoms with Crippen molar-refractivity contribution in [2.75, 3.05) is 5.32 Å². The van der Waals surface area contributed by atoms with Gasteiger partial charge in [0, 0.05) is 22.9 Å². The summed E-state index contributed by atoms with van der Waals surface area (Å²) in [5.74, 6) is 0.308. The van der Waals surface area contributed by atoms with Gasteiger partial charge in [-0.05, 0) is 42.8 Å². The fourth-order valence-electron chi connectivity index (χ4n) is 3.01. The lowest BCUT2D eigenvalue weighted by molar-refractivity contribution is 0.102. The molecule has 0 spiro atoms. The second-order valence-corrected chi connectivity index (χ2v) is 6.32. The normalized spacial score (nSPS) is 10.7. The van der Waals surface area contributed by atoms with Gasteiger partial charge in [-0.15, -0.1) is 0 Å². The molecule has 1 amide bonds. The van der Waals surface area contributed by atoms with Crippen molar-refractivity contribution < 1.29 is 9.21 Å². The molecule has 0 aliphatic carbocycles. The molecule has 1 aromatic heterocycles. The van der Waals surface area contributed by atoms with Gasteiger partial charge in [-0.25, -0.2) is 0 Å². The lowest BCUT2D eigenvalue weighted by Crippen LogP contribution is -2.12. The Balaban J connectivity index is 1.71. The van der Waals surface area contributed by atoms with Crippen LogP contribution in [0, 0.1) is 6.92 Å². The zero-order valence-corrected chi connectivity index (χ0v) is 14.7. The zero-order valence-electron chi connectivity index (χ0n) is 14.7. The molecule has 0 saturated heterocycles. The number of aryl methyl sites for hydroxylation is 1. The summed E-state index contributed by atoms with van der Waals surface area (Å²) in [7, 11) is 0. The van der Waals surface area contributed by atoms with E-state index in [1.807, 2.05) is 37.3 Å². The van der Waals surface area contributed by atoms with Gasteiger partial charge in [0.05, 0.1) is 5.39 Å². The van der Waals surface area contributed by atoms with Gasteiger partial charge in [0.15, 0.2) is 5.43 Å². The van der Waals surface area contributed by atoms with Crippen LogP contribution in [0.15, 0.2) is 88.1 Å². The molecular weight excluding hydrogens is 338 g/mol. The van der Waals surface area contributed by atoms with Gasteiger partial charge in [-0.1, -0.05) is 42.5 Å². The Morgan fingerprint density at radius 3 is 2.41 bits per heavy atom. The average Bonchev–Trinajstić information content (AvgIpc) is 2.69. The van der Waals surface area contributed by atoms with Crippen LogP contribution in [0.2, 0.25) is 0 Å². The second kappa shape index (κ2) is 6.92. The van der Waals surface area contributed by atoms with E-state index in [1.165, 1.54) is 6.07 Å². The number of carbonyl (C=O) groups is 1. The second-order valence-electron chi connectivity index (χ2n) is 6.32. The molecule has 0 fully saturated rings. The van der Waals surface area contributed by atoms with Crippen molar-refractivity contribution in [1.82, 2.24) is 0 Å². The minimum atomic E-state index is -0.226. The number of carbonyl (C=O) groups excluding carboxylic acids is 1. The summed E-state index contributed by atoms with van der Waals surface area (Å²) < 4.78 is 5.94. The fourth-order valence-corrected chi connectivity index (χ4v) is 3.01. The van der Waals surface area contributed by atoms with Gasteiger partial charge in [-0.2, -0.15) is 0 Å². The van der Waals surface area contributed by atoms with E-state index in [2.05, 4.69) is 5.32 Å². The summed E-state index contributed by atoms with van der Waals surface area (Å²) >= 11 is 0. The number of amides is 1. The molecule has 4 nitrogen and oxygen atoms in total. The maximum absolute atomic E-state index is 12.6. The van der Waals surface area contributed by atoms with E-state index in [0.717, 1.165) is 11.1 Å². The largest absolute Gasteiger partial charge is 0.456 e. The number of benzene rings is 3. The molecule has 0 aliphatic rings. The van der Waals surface area contributed by atoms with Crippen molar-refractivity contribution in [3.63, 3.8) is 0 Å². The number of hydrogen-bond acceptors (Lipinski definition) is 3. The standard InChI is InChI=1S/C23H17NO3/c1-15-7-5-6-10-18(15)22-14-20(25)19-13-17(11-12-21(19)27-22)24-23(26)16-8-3-2-4-9-16/h2-14H,1H3,(H,24,26). The van der Waals surface area contributed by atoms with Crippen LogP contribution in [0.3, 0.4) is 0 Å². The van der Waals surface area contributed by atoms with E-state index in [4.69, 9.17) is 4.42 Å². The Morgan fingerprint density at radius 2 is 1.63 bits per heavy atom. The maximum atomic E-state index is 12.6. The van der Waals surface area contributed by atoms with Crippen LogP contribution in [0.1, 0.15) is 15.9 Å². The Hall–Kier alpha value is -3.66. The van der Waals surface area contributed by atoms with Gasteiger partial charge in [-0.3, -0.25) is 9.59 Å². The highest BCUT2D eigenvalue weighted by Crippen LogP contribution is 2.26. The van der Waals surface area contributed by atoms with E-state index in [-0.39, 0.29) is 11.3 Å². The van der Waals surface area contributed by atoms with Gasteiger partial charge >= 0.3 is 0 Å². The first-order valence-corrected chi connectivity index (χ1v) is 8.62. The lowest BCUT2D eigenvalue weighted by atomic mass is 10.1. The molecule has 0 bridgehead atoms. The number of rotatable bonds is 3. The Kier molecular flexibility index (Phi) is 4.30. The zero-order chi connectivity index (χ0) is 18.8. The Morgan fingerprint density at radius 1 is 0.889 bits per heavy atom. The summed E-state index contributed by atoms with van der Waals surface area (Å²) in [5.41, 5.74) is 3.36. The highest BCUT2D eigenvalue weighted by atomic mass is 16.3. The molecule has 1 heterocycles. The molecule has 0 atom stereocenters. The monoisotopic (exact) mass is 355 g/mol. The Labute approximate surface area is 156 Å². The van der Waals surface area contributed by atoms with E-state index in [1.54, 1.807) is 42.5 Å². The van der Waals surface area contributed by atoms with Crippen LogP contribution >= 0.6 is 0 Å². The molecule has 4 rings (SSSR count). The number of fused-ring (bicyclic) bond motifs is 1. The summed E-state index contributed by atoms with van der Waals surface area (Å²) in [6.45, 7) is 1.97. The third-order valence-electron chi connectivity index (χ3n) is 4.43. The summed E-state index contributed by atoms with van der Waals surface area (Å²) in [6.07, 6.45) is 0. The molecule has 0 radical (unpaired) electrons. The van der Waals surface area contributed by atoms with E-state index in [9.17, 15) is 9.59 Å². The molecule has 27 heavy (non-hydrogen) atoms. The minimum absolute atomic E-state index is 0.148. The summed E-state index contributed by atoms with van der Waals surface area (Å²) in [4.78, 5) is 24.9. The summed E-state index contributed by atoms with van der Waals surface area (Å²) in [6, 6.07) is 23.3. The quantitative estimate of drug-likeness (QED) is 0.561. The SMILES string of the molecule is Cc1ccccc1-c1cc(=O)c2cc(NC(=O)c3ccccc3)ccc2o1. The molecule has 3 aromatic carbocycles. The van der Waals surface area contributed by atoms with Gasteiger partial charge in [0.25, 0.3) is 5.91 Å². The maximum Gasteiger partial charge on any atom is 0.255 e. The summed E-state index contributed by atoms with van der Waals surface area (Å²) in [5, 5.41) is 3.24. The molecule has 0 saturated carbocycles. The third kappa shape index (κ3) is 3.37. The molecule has 0 aliphatic heterocycles. The topological polar surface area (TPSA) is 59.3 Å². The van der Waals surface area contributed by atoms with Crippen LogP contribution in [0.5, 0.6) is 0 Å². The molecule has 0 unspecified atom stereocenters. The number of hydrogen-bond donors (Lipinski definition) is 1. The molecule has 4 heteroatoms. The number of anilines is 1. The molecule has 4 aromatic rings. The van der Waals surface area contributed by atoms with Crippen LogP contribution in [-0.2, 0) is 0 Å². The van der Waals surface area contributed by atoms with E-state index < -0.39 is 0 Å². The molecule has 132 valence electrons. The highest BCUT2D eigenvalue weighted by Gasteiger charge is 2.11. The van der Waals surface area contributed by atoms with Crippen molar-refractivity contribution in [2.45, 2.75) is 6.92 Å². The molecular formula is C23H17NO3. The van der Waals surface area contributed by atoms with E-state index in [0.29, 0.717) is 28.0 Å². The van der Waals surface area contributed by atoms with Crippen molar-refractivity contribution in [2.24, 2.45) is 0 Å². The van der Waals surface area contributed by atoms with Crippen LogP contribution in [0.4, 0.5) is 5.69 Å². The molecule has 1 N–H and O–H groups in total. The minimum Gasteiger partial charge on any atom is -0.456 e. The van der Waals surface area contributed by atoms with Crippen molar-refractivity contribution in [1.29, 1.82) is 0 Å². The average molecular weight is 355 g/mol. The third-order valence-corrected chi connectivity index (χ3v) is 4.43. The number of nitrogens with one attached hydrogen (secondary N) is 1. The van der Waals surface area contributed by atoms with Crippen molar-refractivity contribution in [3.8, 4) is 11.3 Å². The van der Waals surface area contributed by atoms with Crippen LogP contribution in [0.25, 0.3) is 22.3 Å². The van der Waals surface area contributed by atoms with Crippen LogP contribution < -0.4 is 10.7 Å². The van der Waals surface area contributed by atoms with Crippen molar-refractivity contribution in [3.05, 3.63) is 100 Å². The predicted molar refractivity (Wildman–Crippen MR) is 107 cm³/mol. The van der Waals surface area contributed by atoms with E-state index >= 15 is 0 Å².